The summed E-state index contributed by atoms with van der Waals surface area (Å²) < 4.78 is 6.82. The van der Waals surface area contributed by atoms with Crippen molar-refractivity contribution in [1.82, 2.24) is 4.57 Å². The fourth-order valence-corrected chi connectivity index (χ4v) is 4.59. The minimum absolute atomic E-state index is 0.0244. The van der Waals surface area contributed by atoms with Gasteiger partial charge in [0.2, 0.25) is 0 Å². The molecule has 0 saturated heterocycles. The zero-order chi connectivity index (χ0) is 23.6. The van der Waals surface area contributed by atoms with E-state index in [4.69, 9.17) is 27.9 Å². The van der Waals surface area contributed by atoms with E-state index in [-0.39, 0.29) is 28.5 Å². The Labute approximate surface area is 192 Å². The molecule has 0 aliphatic rings. The lowest BCUT2D eigenvalue weighted by Crippen LogP contribution is -2.23. The molecule has 0 radical (unpaired) electrons. The monoisotopic (exact) mass is 498 g/mol. The van der Waals surface area contributed by atoms with Gasteiger partial charge in [0.15, 0.2) is 4.80 Å². The first-order valence-corrected chi connectivity index (χ1v) is 10.3. The van der Waals surface area contributed by atoms with Gasteiger partial charge in [-0.3, -0.25) is 29.8 Å². The largest absolute Gasteiger partial charge is 0.465 e. The predicted molar refractivity (Wildman–Crippen MR) is 116 cm³/mol. The minimum atomic E-state index is -0.983. The van der Waals surface area contributed by atoms with Crippen molar-refractivity contribution in [3.63, 3.8) is 0 Å². The summed E-state index contributed by atoms with van der Waals surface area (Å²) in [5.41, 5.74) is -1.26. The van der Waals surface area contributed by atoms with E-state index in [0.29, 0.717) is 15.2 Å². The average Bonchev–Trinajstić information content (AvgIpc) is 3.04. The fourth-order valence-electron chi connectivity index (χ4n) is 2.78. The van der Waals surface area contributed by atoms with Gasteiger partial charge in [-0.25, -0.2) is 0 Å². The third-order valence-corrected chi connectivity index (χ3v) is 5.59. The topological polar surface area (TPSA) is 147 Å². The Kier molecular flexibility index (Phi) is 6.87. The molecule has 0 saturated carbocycles. The first-order chi connectivity index (χ1) is 15.1. The van der Waals surface area contributed by atoms with E-state index in [9.17, 15) is 29.8 Å². The second-order valence-corrected chi connectivity index (χ2v) is 8.03. The van der Waals surface area contributed by atoms with E-state index in [1.165, 1.54) is 10.6 Å². The van der Waals surface area contributed by atoms with Crippen LogP contribution < -0.4 is 4.80 Å². The Morgan fingerprint density at radius 1 is 1.09 bits per heavy atom. The van der Waals surface area contributed by atoms with Gasteiger partial charge in [-0.05, 0) is 19.1 Å². The van der Waals surface area contributed by atoms with E-state index in [2.05, 4.69) is 4.99 Å². The lowest BCUT2D eigenvalue weighted by molar-refractivity contribution is -0.394. The number of rotatable bonds is 6. The number of non-ortho nitro benzene ring substituents is 2. The highest BCUT2D eigenvalue weighted by molar-refractivity contribution is 7.16. The molecule has 1 amide bonds. The number of amides is 1. The number of nitro benzene ring substituents is 2. The molecule has 2 aromatic carbocycles. The lowest BCUT2D eigenvalue weighted by Gasteiger charge is -2.06. The normalized spacial score (nSPS) is 11.5. The second kappa shape index (κ2) is 9.42. The van der Waals surface area contributed by atoms with Crippen LogP contribution in [0.4, 0.5) is 11.4 Å². The first-order valence-electron chi connectivity index (χ1n) is 8.77. The van der Waals surface area contributed by atoms with Gasteiger partial charge in [0.1, 0.15) is 6.54 Å². The van der Waals surface area contributed by atoms with Crippen LogP contribution in [0.1, 0.15) is 17.3 Å². The molecule has 11 nitrogen and oxygen atoms in total. The van der Waals surface area contributed by atoms with E-state index in [1.54, 1.807) is 13.0 Å². The highest BCUT2D eigenvalue weighted by Crippen LogP contribution is 2.30. The summed E-state index contributed by atoms with van der Waals surface area (Å²) >= 11 is 13.3. The molecule has 0 aliphatic heterocycles. The molecule has 0 atom stereocenters. The zero-order valence-corrected chi connectivity index (χ0v) is 18.4. The van der Waals surface area contributed by atoms with Gasteiger partial charge in [0.05, 0.1) is 43.3 Å². The Morgan fingerprint density at radius 2 is 1.72 bits per heavy atom. The van der Waals surface area contributed by atoms with Crippen LogP contribution in [-0.4, -0.2) is 32.9 Å². The van der Waals surface area contributed by atoms with E-state index in [0.717, 1.165) is 29.5 Å². The van der Waals surface area contributed by atoms with Crippen molar-refractivity contribution in [2.75, 3.05) is 6.61 Å². The highest BCUT2D eigenvalue weighted by Gasteiger charge is 2.21. The summed E-state index contributed by atoms with van der Waals surface area (Å²) in [6.07, 6.45) is 0. The maximum Gasteiger partial charge on any atom is 0.326 e. The Bertz CT molecular complexity index is 1320. The smallest absolute Gasteiger partial charge is 0.326 e. The van der Waals surface area contributed by atoms with Crippen LogP contribution in [0.15, 0.2) is 35.3 Å². The second-order valence-electron chi connectivity index (χ2n) is 6.18. The molecule has 32 heavy (non-hydrogen) atoms. The van der Waals surface area contributed by atoms with Gasteiger partial charge < -0.3 is 9.30 Å². The Morgan fingerprint density at radius 3 is 2.28 bits per heavy atom. The standard InChI is InChI=1S/C18H12Cl2N4O7S/c1-2-31-15(25)8-22-16-13(20)5-10(19)6-14(16)32-18(22)21-17(26)9-3-11(23(27)28)7-12(4-9)24(29)30/h3-7H,2,8H2,1H3. The van der Waals surface area contributed by atoms with Crippen molar-refractivity contribution < 1.29 is 24.2 Å². The van der Waals surface area contributed by atoms with Crippen LogP contribution in [0, 0.1) is 20.2 Å². The van der Waals surface area contributed by atoms with Gasteiger partial charge in [-0.1, -0.05) is 34.5 Å². The summed E-state index contributed by atoms with van der Waals surface area (Å²) in [6, 6.07) is 5.52. The third-order valence-electron chi connectivity index (χ3n) is 4.06. The number of carbonyl (C=O) groups is 2. The number of ether oxygens (including phenoxy) is 1. The van der Waals surface area contributed by atoms with E-state index < -0.39 is 33.1 Å². The number of thiazole rings is 1. The molecule has 0 aliphatic carbocycles. The number of hydrogen-bond donors (Lipinski definition) is 0. The predicted octanol–water partition coefficient (Wildman–Crippen LogP) is 4.13. The van der Waals surface area contributed by atoms with Gasteiger partial charge in [0, 0.05) is 17.2 Å². The number of hydrogen-bond acceptors (Lipinski definition) is 8. The molecule has 14 heteroatoms. The third kappa shape index (κ3) is 4.93. The van der Waals surface area contributed by atoms with Crippen molar-refractivity contribution in [2.24, 2.45) is 4.99 Å². The number of benzene rings is 2. The van der Waals surface area contributed by atoms with Crippen LogP contribution in [-0.2, 0) is 16.1 Å². The van der Waals surface area contributed by atoms with Crippen molar-refractivity contribution in [1.29, 1.82) is 0 Å². The summed E-state index contributed by atoms with van der Waals surface area (Å²) in [6.45, 7) is 1.44. The SMILES string of the molecule is CCOC(=O)Cn1c(=NC(=O)c2cc([N+](=O)[O-])cc([N+](=O)[O-])c2)sc2cc(Cl)cc(Cl)c21. The molecule has 0 unspecified atom stereocenters. The number of nitro groups is 2. The Balaban J connectivity index is 2.20. The van der Waals surface area contributed by atoms with Crippen molar-refractivity contribution >= 4 is 68.0 Å². The van der Waals surface area contributed by atoms with Gasteiger partial charge in [-0.15, -0.1) is 0 Å². The van der Waals surface area contributed by atoms with Crippen LogP contribution >= 0.6 is 34.5 Å². The quantitative estimate of drug-likeness (QED) is 0.281. The van der Waals surface area contributed by atoms with Gasteiger partial charge in [0.25, 0.3) is 17.3 Å². The zero-order valence-electron chi connectivity index (χ0n) is 16.1. The van der Waals surface area contributed by atoms with E-state index in [1.807, 2.05) is 0 Å². The van der Waals surface area contributed by atoms with Crippen LogP contribution in [0.25, 0.3) is 10.2 Å². The first kappa shape index (κ1) is 23.3. The molecule has 3 rings (SSSR count). The average molecular weight is 499 g/mol. The molecular weight excluding hydrogens is 487 g/mol. The molecular formula is C18H12Cl2N4O7S. The minimum Gasteiger partial charge on any atom is -0.465 e. The molecule has 3 aromatic rings. The van der Waals surface area contributed by atoms with Crippen LogP contribution in [0.5, 0.6) is 0 Å². The molecule has 0 spiro atoms. The highest BCUT2D eigenvalue weighted by atomic mass is 35.5. The molecule has 166 valence electrons. The number of nitrogens with zero attached hydrogens (tertiary/aromatic N) is 4. The number of halogens is 2. The fraction of sp³-hybridized carbons (Fsp3) is 0.167. The summed E-state index contributed by atoms with van der Waals surface area (Å²) in [5.74, 6) is -1.60. The van der Waals surface area contributed by atoms with Gasteiger partial charge in [-0.2, -0.15) is 4.99 Å². The molecule has 0 N–H and O–H groups in total. The van der Waals surface area contributed by atoms with Crippen LogP contribution in [0.2, 0.25) is 10.0 Å². The summed E-state index contributed by atoms with van der Waals surface area (Å²) in [4.78, 5) is 49.3. The number of aromatic nitrogens is 1. The van der Waals surface area contributed by atoms with Crippen LogP contribution in [0.3, 0.4) is 0 Å². The Hall–Kier alpha value is -3.35. The molecule has 0 fully saturated rings. The molecule has 0 bridgehead atoms. The van der Waals surface area contributed by atoms with Gasteiger partial charge >= 0.3 is 5.97 Å². The lowest BCUT2D eigenvalue weighted by atomic mass is 10.1. The summed E-state index contributed by atoms with van der Waals surface area (Å²) in [7, 11) is 0. The number of carbonyl (C=O) groups excluding carboxylic acids is 2. The summed E-state index contributed by atoms with van der Waals surface area (Å²) in [5, 5.41) is 22.7. The molecule has 1 aromatic heterocycles. The maximum absolute atomic E-state index is 12.8. The van der Waals surface area contributed by atoms with Crippen molar-refractivity contribution in [3.8, 4) is 0 Å². The number of esters is 1. The number of fused-ring (bicyclic) bond motifs is 1. The van der Waals surface area contributed by atoms with Crippen molar-refractivity contribution in [2.45, 2.75) is 13.5 Å². The van der Waals surface area contributed by atoms with E-state index >= 15 is 0 Å². The molecule has 1 heterocycles. The van der Waals surface area contributed by atoms with Crippen molar-refractivity contribution in [3.05, 3.63) is 71.0 Å². The maximum atomic E-state index is 12.8.